The standard InChI is InChI=1S/C91H109N3O3S2/c1-10-14-18-22-24-30-38-62(36-28-20-16-12-3)60-93-76-57-67(79-53-52-78(98-79)66-44-48-70-71-51-47-69(91(8,9)92)59-75(71)87-83(74(70)56-66)82(64-40-32-26-33-41-64)86(97-87)65-42-34-27-35-43-65)45-49-72(76)84(88(93)95)85-73-50-46-68(80-54-55-81(99-80)90(5,6)7)58-77(73)94(89(85)96)61-63(37-29-21-17-13-4)39-31-25-23-19-15-11-2/h26-27,32-35,40-59,62-63H,10-25,28-31,36-39,60-61,92H2,1-9H3. The monoisotopic (exact) mass is 1360 g/mol. The van der Waals surface area contributed by atoms with Crippen LogP contribution >= 0.6 is 22.7 Å². The molecule has 5 heterocycles. The van der Waals surface area contributed by atoms with E-state index in [9.17, 15) is 0 Å². The van der Waals surface area contributed by atoms with Crippen LogP contribution in [-0.4, -0.2) is 24.9 Å². The molecule has 2 atom stereocenters. The Balaban J connectivity index is 0.977. The van der Waals surface area contributed by atoms with E-state index in [-0.39, 0.29) is 17.2 Å². The highest BCUT2D eigenvalue weighted by Gasteiger charge is 2.44. The summed E-state index contributed by atoms with van der Waals surface area (Å²) in [4.78, 5) is 41.6. The summed E-state index contributed by atoms with van der Waals surface area (Å²) in [5, 5.41) is 5.54. The molecule has 0 radical (unpaired) electrons. The highest BCUT2D eigenvalue weighted by Crippen LogP contribution is 2.53. The molecule has 2 aliphatic rings. The summed E-state index contributed by atoms with van der Waals surface area (Å²) in [6.45, 7) is 21.4. The predicted octanol–water partition coefficient (Wildman–Crippen LogP) is 27.0. The van der Waals surface area contributed by atoms with Gasteiger partial charge in [0.15, 0.2) is 0 Å². The Bertz CT molecular complexity index is 4430. The number of benzene rings is 7. The minimum absolute atomic E-state index is 0.0236. The topological polar surface area (TPSA) is 79.8 Å². The van der Waals surface area contributed by atoms with Gasteiger partial charge in [0.05, 0.1) is 22.5 Å². The third-order valence-corrected chi connectivity index (χ3v) is 24.2. The maximum Gasteiger partial charge on any atom is 0.259 e. The van der Waals surface area contributed by atoms with Crippen molar-refractivity contribution in [1.29, 1.82) is 0 Å². The fourth-order valence-electron chi connectivity index (χ4n) is 15.7. The first kappa shape index (κ1) is 71.5. The van der Waals surface area contributed by atoms with E-state index in [1.807, 2.05) is 11.3 Å². The van der Waals surface area contributed by atoms with Crippen LogP contribution in [0.15, 0.2) is 162 Å². The Morgan fingerprint density at radius 1 is 0.414 bits per heavy atom. The zero-order valence-corrected chi connectivity index (χ0v) is 62.7. The van der Waals surface area contributed by atoms with Crippen molar-refractivity contribution in [2.75, 3.05) is 22.9 Å². The van der Waals surface area contributed by atoms with Crippen molar-refractivity contribution in [2.45, 2.75) is 227 Å². The molecule has 7 aromatic carbocycles. The van der Waals surface area contributed by atoms with Crippen molar-refractivity contribution >= 4 is 89.5 Å². The third-order valence-electron chi connectivity index (χ3n) is 21.4. The van der Waals surface area contributed by atoms with Crippen molar-refractivity contribution in [1.82, 2.24) is 0 Å². The van der Waals surface area contributed by atoms with Crippen LogP contribution in [-0.2, 0) is 20.5 Å². The zero-order chi connectivity index (χ0) is 69.2. The van der Waals surface area contributed by atoms with Crippen LogP contribution in [0.2, 0.25) is 0 Å². The molecule has 99 heavy (non-hydrogen) atoms. The van der Waals surface area contributed by atoms with Gasteiger partial charge < -0.3 is 20.0 Å². The normalized spacial score (nSPS) is 14.8. The van der Waals surface area contributed by atoms with Crippen molar-refractivity contribution in [3.63, 3.8) is 0 Å². The Morgan fingerprint density at radius 3 is 1.32 bits per heavy atom. The number of hydrogen-bond donors (Lipinski definition) is 1. The van der Waals surface area contributed by atoms with Crippen LogP contribution in [0.3, 0.4) is 0 Å². The molecule has 6 nitrogen and oxygen atoms in total. The molecule has 10 aromatic rings. The number of rotatable bonds is 34. The lowest BCUT2D eigenvalue weighted by atomic mass is 9.88. The van der Waals surface area contributed by atoms with E-state index in [0.717, 1.165) is 142 Å². The van der Waals surface area contributed by atoms with Gasteiger partial charge in [0.25, 0.3) is 11.8 Å². The van der Waals surface area contributed by atoms with E-state index in [4.69, 9.17) is 10.2 Å². The number of nitrogens with two attached hydrogens (primary N) is 1. The molecule has 12 rings (SSSR count). The molecule has 2 aliphatic heterocycles. The minimum Gasteiger partial charge on any atom is -0.455 e. The van der Waals surface area contributed by atoms with Crippen LogP contribution < -0.4 is 15.5 Å². The number of carbonyl (C=O) groups is 2. The lowest BCUT2D eigenvalue weighted by Crippen LogP contribution is -2.34. The van der Waals surface area contributed by atoms with Crippen molar-refractivity contribution < 1.29 is 14.0 Å². The van der Waals surface area contributed by atoms with Crippen LogP contribution in [0.5, 0.6) is 0 Å². The molecule has 0 aliphatic carbocycles. The number of carbonyl (C=O) groups excluding carboxylic acids is 2. The largest absolute Gasteiger partial charge is 0.455 e. The summed E-state index contributed by atoms with van der Waals surface area (Å²) < 4.78 is 7.25. The molecular weight excluding hydrogens is 1250 g/mol. The van der Waals surface area contributed by atoms with Gasteiger partial charge in [-0.2, -0.15) is 0 Å². The van der Waals surface area contributed by atoms with Gasteiger partial charge in [-0.1, -0.05) is 286 Å². The summed E-state index contributed by atoms with van der Waals surface area (Å²) in [6, 6.07) is 57.3. The molecule has 518 valence electrons. The molecule has 0 bridgehead atoms. The smallest absolute Gasteiger partial charge is 0.259 e. The highest BCUT2D eigenvalue weighted by atomic mass is 32.1. The summed E-state index contributed by atoms with van der Waals surface area (Å²) >= 11 is 3.64. The first-order valence-corrected chi connectivity index (χ1v) is 40.0. The summed E-state index contributed by atoms with van der Waals surface area (Å²) in [5.74, 6) is 1.49. The zero-order valence-electron chi connectivity index (χ0n) is 61.1. The van der Waals surface area contributed by atoms with Crippen LogP contribution in [0.1, 0.15) is 238 Å². The number of anilines is 2. The number of amides is 2. The number of hydrogen-bond acceptors (Lipinski definition) is 6. The second-order valence-corrected chi connectivity index (χ2v) is 32.8. The van der Waals surface area contributed by atoms with E-state index < -0.39 is 5.54 Å². The molecule has 2 unspecified atom stereocenters. The fraction of sp³-hybridized carbons (Fsp3) is 0.429. The van der Waals surface area contributed by atoms with E-state index in [2.05, 4.69) is 230 Å². The summed E-state index contributed by atoms with van der Waals surface area (Å²) in [6.07, 6.45) is 28.9. The molecule has 0 saturated heterocycles. The van der Waals surface area contributed by atoms with E-state index >= 15 is 9.59 Å². The molecule has 3 aromatic heterocycles. The van der Waals surface area contributed by atoms with Gasteiger partial charge in [-0.3, -0.25) is 9.59 Å². The SMILES string of the molecule is CCCCCCCCC(CCCCCC)CN1C(=O)C(=C2C(=O)N(CC(CCCCCC)CCCCCCCC)c3cc(-c4ccc(C(C)(C)C)s4)ccc32)c2ccc(-c3ccc(-c4ccc5c6ccc(C(C)(C)N)cc6c6oc(-c7ccccc7)c(-c7ccccc7)c6c5c4)s3)cc21. The van der Waals surface area contributed by atoms with Gasteiger partial charge in [0.2, 0.25) is 0 Å². The Hall–Kier alpha value is -7.36. The molecule has 0 fully saturated rings. The van der Waals surface area contributed by atoms with Gasteiger partial charge in [0, 0.05) is 71.2 Å². The maximum atomic E-state index is 16.3. The molecule has 0 spiro atoms. The molecule has 0 saturated carbocycles. The van der Waals surface area contributed by atoms with Gasteiger partial charge >= 0.3 is 0 Å². The second-order valence-electron chi connectivity index (χ2n) is 30.7. The van der Waals surface area contributed by atoms with Crippen molar-refractivity contribution in [3.05, 3.63) is 179 Å². The number of fused-ring (bicyclic) bond motifs is 8. The first-order valence-electron chi connectivity index (χ1n) is 38.3. The fourth-order valence-corrected chi connectivity index (χ4v) is 17.8. The van der Waals surface area contributed by atoms with Gasteiger partial charge in [-0.15, -0.1) is 22.7 Å². The summed E-state index contributed by atoms with van der Waals surface area (Å²) in [7, 11) is 0. The molecule has 2 N–H and O–H groups in total. The molecule has 8 heteroatoms. The first-order chi connectivity index (χ1) is 48.1. The molecule has 2 amide bonds. The number of furan rings is 1. The Kier molecular flexibility index (Phi) is 23.5. The van der Waals surface area contributed by atoms with Crippen LogP contribution in [0.25, 0.3) is 97.4 Å². The second kappa shape index (κ2) is 32.5. The van der Waals surface area contributed by atoms with Crippen molar-refractivity contribution in [2.24, 2.45) is 17.6 Å². The number of thiophene rings is 2. The maximum absolute atomic E-state index is 16.3. The molecular formula is C91H109N3O3S2. The Morgan fingerprint density at radius 2 is 0.838 bits per heavy atom. The number of nitrogens with zero attached hydrogens (tertiary/aromatic N) is 2. The predicted molar refractivity (Wildman–Crippen MR) is 429 cm³/mol. The van der Waals surface area contributed by atoms with Gasteiger partial charge in [-0.05, 0) is 149 Å². The van der Waals surface area contributed by atoms with Crippen LogP contribution in [0.4, 0.5) is 11.4 Å². The van der Waals surface area contributed by atoms with E-state index in [1.54, 1.807) is 11.3 Å². The average Bonchev–Trinajstić information content (AvgIpc) is 1.61. The Labute approximate surface area is 600 Å². The summed E-state index contributed by atoms with van der Waals surface area (Å²) in [5.41, 5.74) is 19.5. The lowest BCUT2D eigenvalue weighted by Gasteiger charge is -2.25. The van der Waals surface area contributed by atoms with E-state index in [1.165, 1.54) is 132 Å². The van der Waals surface area contributed by atoms with Gasteiger partial charge in [0.1, 0.15) is 11.3 Å². The van der Waals surface area contributed by atoms with Crippen molar-refractivity contribution in [3.8, 4) is 53.8 Å². The van der Waals surface area contributed by atoms with Gasteiger partial charge in [-0.25, -0.2) is 0 Å². The number of unbranched alkanes of at least 4 members (excludes halogenated alkanes) is 16. The third kappa shape index (κ3) is 16.1. The average molecular weight is 1360 g/mol. The lowest BCUT2D eigenvalue weighted by molar-refractivity contribution is -0.114. The minimum atomic E-state index is -0.553. The van der Waals surface area contributed by atoms with Crippen LogP contribution in [0, 0.1) is 11.8 Å². The highest BCUT2D eigenvalue weighted by molar-refractivity contribution is 7.18. The quantitative estimate of drug-likeness (QED) is 0.0248. The van der Waals surface area contributed by atoms with E-state index in [0.29, 0.717) is 36.1 Å².